The van der Waals surface area contributed by atoms with Gasteiger partial charge in [-0.25, -0.2) is 4.79 Å². The summed E-state index contributed by atoms with van der Waals surface area (Å²) < 4.78 is 11.6. The first-order valence-electron chi connectivity index (χ1n) is 11.1. The van der Waals surface area contributed by atoms with Crippen LogP contribution in [0, 0.1) is 11.8 Å². The number of carbonyl (C=O) groups excluding carboxylic acids is 1. The van der Waals surface area contributed by atoms with E-state index in [1.165, 1.54) is 19.2 Å². The average molecular weight is 502 g/mol. The SMILES string of the molecule is COc1cc(C(=O)NC2CC2)ccc1-c1oc2cc(O)c(C(=O)O)cc2c1C#Cc1cccc(Cl)c1. The highest BCUT2D eigenvalue weighted by Crippen LogP contribution is 2.40. The molecule has 4 aromatic rings. The molecule has 1 aromatic heterocycles. The number of benzene rings is 3. The van der Waals surface area contributed by atoms with Crippen molar-refractivity contribution in [2.24, 2.45) is 0 Å². The topological polar surface area (TPSA) is 109 Å². The molecule has 0 bridgehead atoms. The van der Waals surface area contributed by atoms with E-state index in [0.29, 0.717) is 44.2 Å². The molecule has 0 aliphatic heterocycles. The minimum atomic E-state index is -1.28. The number of methoxy groups -OCH3 is 1. The Kier molecular flexibility index (Phi) is 6.05. The van der Waals surface area contributed by atoms with Crippen LogP contribution in [-0.2, 0) is 0 Å². The van der Waals surface area contributed by atoms with Crippen molar-refractivity contribution in [3.8, 4) is 34.7 Å². The van der Waals surface area contributed by atoms with E-state index in [1.807, 2.05) is 0 Å². The molecule has 1 amide bonds. The van der Waals surface area contributed by atoms with Crippen LogP contribution in [-0.4, -0.2) is 35.2 Å². The summed E-state index contributed by atoms with van der Waals surface area (Å²) in [6, 6.07) is 14.8. The van der Waals surface area contributed by atoms with Crippen LogP contribution in [0.2, 0.25) is 5.02 Å². The summed E-state index contributed by atoms with van der Waals surface area (Å²) in [5.41, 5.74) is 1.99. The lowest BCUT2D eigenvalue weighted by Crippen LogP contribution is -2.25. The number of fused-ring (bicyclic) bond motifs is 1. The second kappa shape index (κ2) is 9.33. The molecule has 1 aliphatic rings. The third kappa shape index (κ3) is 4.59. The van der Waals surface area contributed by atoms with Gasteiger partial charge in [0.25, 0.3) is 5.91 Å². The van der Waals surface area contributed by atoms with Gasteiger partial charge in [0, 0.05) is 33.6 Å². The molecule has 5 rings (SSSR count). The molecule has 1 fully saturated rings. The molecule has 36 heavy (non-hydrogen) atoms. The van der Waals surface area contributed by atoms with Crippen LogP contribution in [0.4, 0.5) is 0 Å². The number of carboxylic acids is 1. The number of phenols is 1. The number of furan rings is 1. The number of carbonyl (C=O) groups is 2. The lowest BCUT2D eigenvalue weighted by Gasteiger charge is -2.10. The zero-order valence-electron chi connectivity index (χ0n) is 19.1. The number of aromatic hydroxyl groups is 1. The standard InChI is InChI=1S/C28H20ClNO6/c1-35-24-12-16(27(32)30-18-7-8-18)6-10-20(24)26-19(9-5-15-3-2-4-17(29)11-15)21-13-22(28(33)34)23(31)14-25(21)36-26/h2-4,6,10-14,18,31H,7-8H2,1H3,(H,30,32)(H,33,34). The lowest BCUT2D eigenvalue weighted by molar-refractivity contribution is 0.0693. The second-order valence-corrected chi connectivity index (χ2v) is 8.84. The number of aromatic carboxylic acids is 1. The maximum atomic E-state index is 12.5. The van der Waals surface area contributed by atoms with Gasteiger partial charge in [-0.05, 0) is 55.3 Å². The van der Waals surface area contributed by atoms with Gasteiger partial charge in [-0.3, -0.25) is 4.79 Å². The second-order valence-electron chi connectivity index (χ2n) is 8.40. The zero-order chi connectivity index (χ0) is 25.4. The maximum Gasteiger partial charge on any atom is 0.339 e. The van der Waals surface area contributed by atoms with Crippen molar-refractivity contribution in [1.29, 1.82) is 0 Å². The Labute approximate surface area is 211 Å². The summed E-state index contributed by atoms with van der Waals surface area (Å²) in [6.07, 6.45) is 1.94. The van der Waals surface area contributed by atoms with Crippen molar-refractivity contribution in [3.63, 3.8) is 0 Å². The number of ether oxygens (including phenoxy) is 1. The van der Waals surface area contributed by atoms with Crippen LogP contribution >= 0.6 is 11.6 Å². The van der Waals surface area contributed by atoms with Gasteiger partial charge < -0.3 is 24.7 Å². The van der Waals surface area contributed by atoms with Crippen molar-refractivity contribution >= 4 is 34.4 Å². The van der Waals surface area contributed by atoms with E-state index < -0.39 is 11.7 Å². The van der Waals surface area contributed by atoms with E-state index in [2.05, 4.69) is 17.2 Å². The first-order chi connectivity index (χ1) is 17.3. The molecule has 1 saturated carbocycles. The van der Waals surface area contributed by atoms with Crippen LogP contribution in [0.1, 0.15) is 44.7 Å². The molecule has 1 aliphatic carbocycles. The summed E-state index contributed by atoms with van der Waals surface area (Å²) in [6.45, 7) is 0. The Morgan fingerprint density at radius 3 is 2.61 bits per heavy atom. The number of nitrogens with one attached hydrogen (secondary N) is 1. The van der Waals surface area contributed by atoms with Gasteiger partial charge in [-0.15, -0.1) is 0 Å². The van der Waals surface area contributed by atoms with E-state index in [4.69, 9.17) is 20.8 Å². The van der Waals surface area contributed by atoms with E-state index in [-0.39, 0.29) is 23.1 Å². The van der Waals surface area contributed by atoms with Gasteiger partial charge in [-0.2, -0.15) is 0 Å². The molecule has 3 aromatic carbocycles. The molecule has 7 nitrogen and oxygen atoms in total. The van der Waals surface area contributed by atoms with Crippen molar-refractivity contribution in [2.45, 2.75) is 18.9 Å². The Balaban J connectivity index is 1.69. The Morgan fingerprint density at radius 2 is 1.92 bits per heavy atom. The predicted octanol–water partition coefficient (Wildman–Crippen LogP) is 5.46. The lowest BCUT2D eigenvalue weighted by atomic mass is 10.0. The van der Waals surface area contributed by atoms with E-state index in [0.717, 1.165) is 12.8 Å². The molecule has 0 saturated heterocycles. The van der Waals surface area contributed by atoms with Gasteiger partial charge >= 0.3 is 5.97 Å². The number of carboxylic acid groups (broad SMARTS) is 1. The smallest absolute Gasteiger partial charge is 0.339 e. The van der Waals surface area contributed by atoms with E-state index in [9.17, 15) is 19.8 Å². The third-order valence-electron chi connectivity index (χ3n) is 5.81. The normalized spacial score (nSPS) is 12.6. The van der Waals surface area contributed by atoms with Crippen molar-refractivity contribution < 1.29 is 29.0 Å². The van der Waals surface area contributed by atoms with Crippen LogP contribution < -0.4 is 10.1 Å². The van der Waals surface area contributed by atoms with Crippen LogP contribution in [0.25, 0.3) is 22.3 Å². The largest absolute Gasteiger partial charge is 0.507 e. The number of amides is 1. The molecule has 180 valence electrons. The fourth-order valence-corrected chi connectivity index (χ4v) is 4.02. The van der Waals surface area contributed by atoms with Gasteiger partial charge in [0.1, 0.15) is 22.6 Å². The summed E-state index contributed by atoms with van der Waals surface area (Å²) in [5.74, 6) is 4.91. The van der Waals surface area contributed by atoms with Crippen molar-refractivity contribution in [1.82, 2.24) is 5.32 Å². The fourth-order valence-electron chi connectivity index (χ4n) is 3.83. The minimum Gasteiger partial charge on any atom is -0.507 e. The summed E-state index contributed by atoms with van der Waals surface area (Å²) in [4.78, 5) is 24.2. The highest BCUT2D eigenvalue weighted by molar-refractivity contribution is 6.30. The third-order valence-corrected chi connectivity index (χ3v) is 6.05. The molecule has 0 unspecified atom stereocenters. The first-order valence-corrected chi connectivity index (χ1v) is 11.5. The molecule has 1 heterocycles. The highest BCUT2D eigenvalue weighted by atomic mass is 35.5. The molecular formula is C28H20ClNO6. The maximum absolute atomic E-state index is 12.5. The van der Waals surface area contributed by atoms with E-state index >= 15 is 0 Å². The molecular weight excluding hydrogens is 482 g/mol. The van der Waals surface area contributed by atoms with Crippen molar-refractivity contribution in [3.05, 3.63) is 81.9 Å². The Hall–Kier alpha value is -4.41. The molecule has 0 spiro atoms. The molecule has 0 atom stereocenters. The van der Waals surface area contributed by atoms with Crippen LogP contribution in [0.15, 0.2) is 59.0 Å². The Morgan fingerprint density at radius 1 is 1.11 bits per heavy atom. The highest BCUT2D eigenvalue weighted by Gasteiger charge is 2.25. The number of rotatable bonds is 5. The molecule has 8 heteroatoms. The zero-order valence-corrected chi connectivity index (χ0v) is 19.8. The van der Waals surface area contributed by atoms with Crippen molar-refractivity contribution in [2.75, 3.05) is 7.11 Å². The van der Waals surface area contributed by atoms with E-state index in [1.54, 1.807) is 42.5 Å². The summed E-state index contributed by atoms with van der Waals surface area (Å²) in [5, 5.41) is 23.6. The monoisotopic (exact) mass is 501 g/mol. The fraction of sp³-hybridized carbons (Fsp3) is 0.143. The molecule has 3 N–H and O–H groups in total. The first kappa shape index (κ1) is 23.3. The van der Waals surface area contributed by atoms with Gasteiger partial charge in [0.15, 0.2) is 5.76 Å². The summed E-state index contributed by atoms with van der Waals surface area (Å²) in [7, 11) is 1.48. The Bertz CT molecular complexity index is 1590. The summed E-state index contributed by atoms with van der Waals surface area (Å²) >= 11 is 6.09. The van der Waals surface area contributed by atoms with Crippen LogP contribution in [0.3, 0.4) is 0 Å². The predicted molar refractivity (Wildman–Crippen MR) is 135 cm³/mol. The van der Waals surface area contributed by atoms with Gasteiger partial charge in [0.05, 0.1) is 18.2 Å². The minimum absolute atomic E-state index is 0.191. The number of hydrogen-bond donors (Lipinski definition) is 3. The van der Waals surface area contributed by atoms with Gasteiger partial charge in [0.2, 0.25) is 0 Å². The van der Waals surface area contributed by atoms with Crippen LogP contribution in [0.5, 0.6) is 11.5 Å². The number of hydrogen-bond acceptors (Lipinski definition) is 5. The number of halogens is 1. The quantitative estimate of drug-likeness (QED) is 0.313. The average Bonchev–Trinajstić information content (AvgIpc) is 3.60. The molecule has 0 radical (unpaired) electrons. The van der Waals surface area contributed by atoms with Gasteiger partial charge in [-0.1, -0.05) is 29.5 Å².